The number of hydrogen-bond acceptors (Lipinski definition) is 4. The van der Waals surface area contributed by atoms with Gasteiger partial charge < -0.3 is 10.2 Å². The molecule has 1 atom stereocenters. The number of hydrogen-bond donors (Lipinski definition) is 1. The van der Waals surface area contributed by atoms with Crippen LogP contribution in [0.5, 0.6) is 0 Å². The molecule has 1 fully saturated rings. The van der Waals surface area contributed by atoms with Gasteiger partial charge in [0.15, 0.2) is 0 Å². The molecule has 1 aliphatic rings. The molecule has 0 spiro atoms. The van der Waals surface area contributed by atoms with E-state index in [1.807, 2.05) is 30.0 Å². The van der Waals surface area contributed by atoms with E-state index in [4.69, 9.17) is 0 Å². The minimum Gasteiger partial charge on any atom is -0.373 e. The molecule has 0 radical (unpaired) electrons. The number of nitrogens with one attached hydrogen (secondary N) is 1. The van der Waals surface area contributed by atoms with E-state index in [-0.39, 0.29) is 17.6 Å². The molecule has 0 bridgehead atoms. The lowest BCUT2D eigenvalue weighted by atomic mass is 10.1. The van der Waals surface area contributed by atoms with Crippen molar-refractivity contribution in [2.24, 2.45) is 0 Å². The first-order chi connectivity index (χ1) is 12.5. The normalized spacial score (nSPS) is 16.7. The van der Waals surface area contributed by atoms with Gasteiger partial charge in [-0.2, -0.15) is 0 Å². The molecule has 6 nitrogen and oxygen atoms in total. The van der Waals surface area contributed by atoms with Gasteiger partial charge in [-0.1, -0.05) is 30.3 Å². The van der Waals surface area contributed by atoms with Gasteiger partial charge in [-0.3, -0.25) is 14.9 Å². The average Bonchev–Trinajstić information content (AvgIpc) is 2.97. The molecule has 0 aliphatic carbocycles. The van der Waals surface area contributed by atoms with Gasteiger partial charge in [0.1, 0.15) is 6.04 Å². The maximum absolute atomic E-state index is 12.6. The van der Waals surface area contributed by atoms with Gasteiger partial charge in [-0.15, -0.1) is 0 Å². The second-order valence-corrected chi connectivity index (χ2v) is 6.66. The number of carbonyl (C=O) groups excluding carboxylic acids is 1. The summed E-state index contributed by atoms with van der Waals surface area (Å²) >= 11 is 0. The molecule has 1 aliphatic heterocycles. The number of non-ortho nitro benzene ring substituents is 1. The number of benzene rings is 2. The Hall–Kier alpha value is -2.89. The van der Waals surface area contributed by atoms with Gasteiger partial charge >= 0.3 is 0 Å². The lowest BCUT2D eigenvalue weighted by Gasteiger charge is -2.18. The quantitative estimate of drug-likeness (QED) is 0.610. The molecular formula is C20H23N3O3. The smallest absolute Gasteiger partial charge is 0.269 e. The van der Waals surface area contributed by atoms with E-state index in [1.165, 1.54) is 17.7 Å². The first-order valence-electron chi connectivity index (χ1n) is 8.89. The van der Waals surface area contributed by atoms with Crippen LogP contribution >= 0.6 is 0 Å². The molecule has 0 saturated carbocycles. The van der Waals surface area contributed by atoms with Crippen LogP contribution in [0, 0.1) is 17.0 Å². The molecule has 0 aromatic heterocycles. The van der Waals surface area contributed by atoms with Gasteiger partial charge in [-0.05, 0) is 43.4 Å². The lowest BCUT2D eigenvalue weighted by molar-refractivity contribution is -0.384. The van der Waals surface area contributed by atoms with E-state index in [9.17, 15) is 14.9 Å². The van der Waals surface area contributed by atoms with Gasteiger partial charge in [0.2, 0.25) is 5.91 Å². The monoisotopic (exact) mass is 353 g/mol. The molecule has 26 heavy (non-hydrogen) atoms. The molecule has 2 aromatic rings. The van der Waals surface area contributed by atoms with Crippen LogP contribution in [-0.2, 0) is 11.2 Å². The van der Waals surface area contributed by atoms with Gasteiger partial charge in [0, 0.05) is 30.9 Å². The molecule has 6 heteroatoms. The molecular weight excluding hydrogens is 330 g/mol. The summed E-state index contributed by atoms with van der Waals surface area (Å²) in [6, 6.07) is 14.7. The van der Waals surface area contributed by atoms with E-state index in [2.05, 4.69) is 17.4 Å². The Morgan fingerprint density at radius 1 is 1.23 bits per heavy atom. The Balaban J connectivity index is 1.53. The zero-order chi connectivity index (χ0) is 18.5. The summed E-state index contributed by atoms with van der Waals surface area (Å²) in [5.74, 6) is 0.107. The van der Waals surface area contributed by atoms with E-state index in [1.54, 1.807) is 6.07 Å². The molecule has 1 N–H and O–H groups in total. The van der Waals surface area contributed by atoms with Crippen molar-refractivity contribution >= 4 is 17.3 Å². The highest BCUT2D eigenvalue weighted by Crippen LogP contribution is 2.24. The number of nitro benzene ring substituents is 1. The zero-order valence-electron chi connectivity index (χ0n) is 14.9. The fraction of sp³-hybridized carbons (Fsp3) is 0.350. The van der Waals surface area contributed by atoms with E-state index in [0.717, 1.165) is 43.6 Å². The maximum atomic E-state index is 12.6. The van der Waals surface area contributed by atoms with Crippen molar-refractivity contribution in [3.05, 3.63) is 69.8 Å². The van der Waals surface area contributed by atoms with E-state index >= 15 is 0 Å². The molecule has 1 unspecified atom stereocenters. The van der Waals surface area contributed by atoms with Crippen molar-refractivity contribution in [1.29, 1.82) is 0 Å². The molecule has 1 amide bonds. The number of nitrogens with zero attached hydrogens (tertiary/aromatic N) is 2. The Morgan fingerprint density at radius 2 is 2.00 bits per heavy atom. The largest absolute Gasteiger partial charge is 0.373 e. The van der Waals surface area contributed by atoms with Crippen LogP contribution in [0.3, 0.4) is 0 Å². The van der Waals surface area contributed by atoms with E-state index < -0.39 is 4.92 Å². The molecule has 1 heterocycles. The summed E-state index contributed by atoms with van der Waals surface area (Å²) in [7, 11) is 0. The standard InChI is InChI=1S/C20H23N3O3/c1-15-14-17(23(25)26)9-10-18(15)21-19-11-13-22(20(19)24)12-5-8-16-6-3-2-4-7-16/h2-4,6-7,9-10,14,19,21H,5,8,11-13H2,1H3. The Labute approximate surface area is 153 Å². The van der Waals surface area contributed by atoms with Crippen LogP contribution < -0.4 is 5.32 Å². The van der Waals surface area contributed by atoms with Crippen LogP contribution in [-0.4, -0.2) is 34.9 Å². The average molecular weight is 353 g/mol. The SMILES string of the molecule is Cc1cc([N+](=O)[O-])ccc1NC1CCN(CCCc2ccccc2)C1=O. The number of anilines is 1. The lowest BCUT2D eigenvalue weighted by Crippen LogP contribution is -2.34. The first kappa shape index (κ1) is 17.9. The Kier molecular flexibility index (Phi) is 5.51. The summed E-state index contributed by atoms with van der Waals surface area (Å²) < 4.78 is 0. The topological polar surface area (TPSA) is 75.5 Å². The highest BCUT2D eigenvalue weighted by Gasteiger charge is 2.31. The van der Waals surface area contributed by atoms with Crippen molar-refractivity contribution in [3.63, 3.8) is 0 Å². The molecule has 3 rings (SSSR count). The summed E-state index contributed by atoms with van der Waals surface area (Å²) in [4.78, 5) is 24.9. The van der Waals surface area contributed by atoms with Crippen LogP contribution in [0.25, 0.3) is 0 Å². The van der Waals surface area contributed by atoms with Gasteiger partial charge in [-0.25, -0.2) is 0 Å². The predicted octanol–water partition coefficient (Wildman–Crippen LogP) is 3.55. The Morgan fingerprint density at radius 3 is 2.69 bits per heavy atom. The number of amides is 1. The highest BCUT2D eigenvalue weighted by molar-refractivity contribution is 5.87. The number of carbonyl (C=O) groups is 1. The summed E-state index contributed by atoms with van der Waals surface area (Å²) in [5, 5.41) is 14.1. The highest BCUT2D eigenvalue weighted by atomic mass is 16.6. The minimum atomic E-state index is -0.411. The first-order valence-corrected chi connectivity index (χ1v) is 8.89. The number of nitro groups is 1. The van der Waals surface area contributed by atoms with Gasteiger partial charge in [0.25, 0.3) is 5.69 Å². The van der Waals surface area contributed by atoms with Crippen molar-refractivity contribution in [2.45, 2.75) is 32.2 Å². The third kappa shape index (κ3) is 4.20. The molecule has 2 aromatic carbocycles. The fourth-order valence-electron chi connectivity index (χ4n) is 3.32. The minimum absolute atomic E-state index is 0.0633. The third-order valence-electron chi connectivity index (χ3n) is 4.78. The predicted molar refractivity (Wildman–Crippen MR) is 101 cm³/mol. The van der Waals surface area contributed by atoms with Crippen molar-refractivity contribution < 1.29 is 9.72 Å². The van der Waals surface area contributed by atoms with Crippen molar-refractivity contribution in [1.82, 2.24) is 4.90 Å². The van der Waals surface area contributed by atoms with Crippen molar-refractivity contribution in [2.75, 3.05) is 18.4 Å². The summed E-state index contributed by atoms with van der Waals surface area (Å²) in [6.45, 7) is 3.31. The summed E-state index contributed by atoms with van der Waals surface area (Å²) in [6.07, 6.45) is 2.66. The fourth-order valence-corrected chi connectivity index (χ4v) is 3.32. The van der Waals surface area contributed by atoms with E-state index in [0.29, 0.717) is 0 Å². The van der Waals surface area contributed by atoms with Gasteiger partial charge in [0.05, 0.1) is 4.92 Å². The number of rotatable bonds is 7. The number of likely N-dealkylation sites (tertiary alicyclic amines) is 1. The molecule has 1 saturated heterocycles. The summed E-state index contributed by atoms with van der Waals surface area (Å²) in [5.41, 5.74) is 2.90. The third-order valence-corrected chi connectivity index (χ3v) is 4.78. The van der Waals surface area contributed by atoms with Crippen LogP contribution in [0.15, 0.2) is 48.5 Å². The van der Waals surface area contributed by atoms with Crippen LogP contribution in [0.4, 0.5) is 11.4 Å². The zero-order valence-corrected chi connectivity index (χ0v) is 14.9. The Bertz CT molecular complexity index is 792. The second-order valence-electron chi connectivity index (χ2n) is 6.66. The maximum Gasteiger partial charge on any atom is 0.269 e. The second kappa shape index (κ2) is 7.99. The van der Waals surface area contributed by atoms with Crippen molar-refractivity contribution in [3.8, 4) is 0 Å². The van der Waals surface area contributed by atoms with Crippen LogP contribution in [0.2, 0.25) is 0 Å². The van der Waals surface area contributed by atoms with Crippen LogP contribution in [0.1, 0.15) is 24.0 Å². The number of aryl methyl sites for hydroxylation is 2. The molecule has 136 valence electrons.